The largest absolute Gasteiger partial charge is 0.457 e. The van der Waals surface area contributed by atoms with Gasteiger partial charge in [-0.3, -0.25) is 13.7 Å². The molecule has 0 bridgehead atoms. The lowest BCUT2D eigenvalue weighted by Gasteiger charge is -2.10. The topological polar surface area (TPSA) is 123 Å². The standard InChI is InChI=1S/C47H28N10O2/c1-3-9-39-33(7-1)35-15-11-29(23-41(35)55(39)45-49-19-5-20-50-45)58-31-13-17-37-38-18-14-32(26-44(38)57(43(37)25-31)47-53-27-48-28-54-47)59-30-12-16-36-34-8-2-4-10-40(34)56(42(36)24-30)46-51-21-6-22-52-46/h1-28H. The summed E-state index contributed by atoms with van der Waals surface area (Å²) >= 11 is 0. The molecule has 12 aromatic rings. The van der Waals surface area contributed by atoms with Crippen LogP contribution in [-0.2, 0) is 0 Å². The van der Waals surface area contributed by atoms with Crippen molar-refractivity contribution in [3.05, 3.63) is 171 Å². The molecular weight excluding hydrogens is 737 g/mol. The molecule has 0 saturated heterocycles. The van der Waals surface area contributed by atoms with Gasteiger partial charge in [-0.25, -0.2) is 34.9 Å². The zero-order valence-corrected chi connectivity index (χ0v) is 31.0. The van der Waals surface area contributed by atoms with E-state index in [2.05, 4.69) is 92.6 Å². The number of hydrogen-bond acceptors (Lipinski definition) is 9. The molecule has 0 spiro atoms. The summed E-state index contributed by atoms with van der Waals surface area (Å²) in [4.78, 5) is 31.5. The van der Waals surface area contributed by atoms with Crippen molar-refractivity contribution >= 4 is 65.4 Å². The van der Waals surface area contributed by atoms with Crippen molar-refractivity contribution in [1.82, 2.24) is 48.6 Å². The number of nitrogens with zero attached hydrogens (tertiary/aromatic N) is 10. The third-order valence-electron chi connectivity index (χ3n) is 10.7. The average Bonchev–Trinajstić information content (AvgIpc) is 3.92. The summed E-state index contributed by atoms with van der Waals surface area (Å²) in [5.41, 5.74) is 5.64. The second-order valence-corrected chi connectivity index (χ2v) is 14.0. The minimum absolute atomic E-state index is 0.469. The van der Waals surface area contributed by atoms with Gasteiger partial charge in [0.1, 0.15) is 35.7 Å². The molecule has 12 rings (SSSR count). The second kappa shape index (κ2) is 13.0. The molecule has 0 N–H and O–H groups in total. The zero-order valence-electron chi connectivity index (χ0n) is 31.0. The highest BCUT2D eigenvalue weighted by atomic mass is 16.5. The Hall–Kier alpha value is -8.51. The fraction of sp³-hybridized carbons (Fsp3) is 0. The highest BCUT2D eigenvalue weighted by Crippen LogP contribution is 2.40. The quantitative estimate of drug-likeness (QED) is 0.156. The van der Waals surface area contributed by atoms with Crippen LogP contribution >= 0.6 is 0 Å². The third kappa shape index (κ3) is 5.27. The molecule has 0 aliphatic rings. The molecule has 0 amide bonds. The normalized spacial score (nSPS) is 11.7. The molecule has 0 radical (unpaired) electrons. The molecule has 12 nitrogen and oxygen atoms in total. The van der Waals surface area contributed by atoms with Gasteiger partial charge >= 0.3 is 0 Å². The Morgan fingerprint density at radius 1 is 0.305 bits per heavy atom. The van der Waals surface area contributed by atoms with E-state index >= 15 is 0 Å². The number of aromatic nitrogens is 10. The Morgan fingerprint density at radius 3 is 1.02 bits per heavy atom. The molecule has 0 unspecified atom stereocenters. The fourth-order valence-electron chi connectivity index (χ4n) is 8.21. The number of ether oxygens (including phenoxy) is 2. The molecule has 0 saturated carbocycles. The lowest BCUT2D eigenvalue weighted by Crippen LogP contribution is -2.01. The summed E-state index contributed by atoms with van der Waals surface area (Å²) in [5, 5.41) is 6.39. The van der Waals surface area contributed by atoms with Gasteiger partial charge in [0, 0.05) is 81.4 Å². The number of hydrogen-bond donors (Lipinski definition) is 0. The molecule has 6 aromatic carbocycles. The number of benzene rings is 6. The summed E-state index contributed by atoms with van der Waals surface area (Å²) < 4.78 is 19.4. The Bertz CT molecular complexity index is 3350. The predicted molar refractivity (Wildman–Crippen MR) is 227 cm³/mol. The van der Waals surface area contributed by atoms with Crippen LogP contribution in [0.3, 0.4) is 0 Å². The van der Waals surface area contributed by atoms with Gasteiger partial charge in [0.2, 0.25) is 17.8 Å². The van der Waals surface area contributed by atoms with Gasteiger partial charge in [0.15, 0.2) is 0 Å². The Kier molecular flexibility index (Phi) is 7.22. The first-order chi connectivity index (χ1) is 29.2. The van der Waals surface area contributed by atoms with Crippen LogP contribution in [0, 0.1) is 0 Å². The monoisotopic (exact) mass is 764 g/mol. The van der Waals surface area contributed by atoms with Crippen LogP contribution < -0.4 is 9.47 Å². The van der Waals surface area contributed by atoms with Gasteiger partial charge in [-0.05, 0) is 72.8 Å². The number of fused-ring (bicyclic) bond motifs is 9. The van der Waals surface area contributed by atoms with Crippen molar-refractivity contribution in [3.8, 4) is 40.8 Å². The van der Waals surface area contributed by atoms with E-state index in [0.29, 0.717) is 40.8 Å². The number of para-hydroxylation sites is 2. The van der Waals surface area contributed by atoms with E-state index in [1.807, 2.05) is 89.5 Å². The fourth-order valence-corrected chi connectivity index (χ4v) is 8.21. The van der Waals surface area contributed by atoms with E-state index in [1.165, 1.54) is 12.7 Å². The van der Waals surface area contributed by atoms with E-state index in [0.717, 1.165) is 65.4 Å². The van der Waals surface area contributed by atoms with Crippen LogP contribution in [0.1, 0.15) is 0 Å². The molecule has 6 aromatic heterocycles. The average molecular weight is 765 g/mol. The summed E-state index contributed by atoms with van der Waals surface area (Å²) in [6.07, 6.45) is 10.00. The molecule has 12 heteroatoms. The maximum atomic E-state index is 6.61. The van der Waals surface area contributed by atoms with Gasteiger partial charge < -0.3 is 9.47 Å². The highest BCUT2D eigenvalue weighted by molar-refractivity contribution is 6.11. The van der Waals surface area contributed by atoms with Crippen molar-refractivity contribution in [2.75, 3.05) is 0 Å². The van der Waals surface area contributed by atoms with Crippen LogP contribution in [0.25, 0.3) is 83.3 Å². The molecule has 0 fully saturated rings. The molecule has 278 valence electrons. The van der Waals surface area contributed by atoms with Crippen molar-refractivity contribution in [1.29, 1.82) is 0 Å². The van der Waals surface area contributed by atoms with Crippen LogP contribution in [0.5, 0.6) is 23.0 Å². The van der Waals surface area contributed by atoms with Gasteiger partial charge in [0.25, 0.3) is 0 Å². The van der Waals surface area contributed by atoms with Crippen molar-refractivity contribution < 1.29 is 9.47 Å². The first-order valence-corrected chi connectivity index (χ1v) is 18.9. The molecular formula is C47H28N10O2. The maximum Gasteiger partial charge on any atom is 0.237 e. The summed E-state index contributed by atoms with van der Waals surface area (Å²) in [6.45, 7) is 0. The lowest BCUT2D eigenvalue weighted by atomic mass is 10.1. The van der Waals surface area contributed by atoms with Crippen molar-refractivity contribution in [2.24, 2.45) is 0 Å². The Labute approximate surface area is 334 Å². The van der Waals surface area contributed by atoms with Crippen LogP contribution in [0.2, 0.25) is 0 Å². The number of rotatable bonds is 7. The minimum atomic E-state index is 0.469. The summed E-state index contributed by atoms with van der Waals surface area (Å²) in [5.74, 6) is 4.29. The van der Waals surface area contributed by atoms with Crippen molar-refractivity contribution in [2.45, 2.75) is 0 Å². The van der Waals surface area contributed by atoms with E-state index in [-0.39, 0.29) is 0 Å². The highest BCUT2D eigenvalue weighted by Gasteiger charge is 2.19. The van der Waals surface area contributed by atoms with E-state index < -0.39 is 0 Å². The van der Waals surface area contributed by atoms with Gasteiger partial charge in [0.05, 0.1) is 33.1 Å². The van der Waals surface area contributed by atoms with E-state index in [1.54, 1.807) is 24.8 Å². The third-order valence-corrected chi connectivity index (χ3v) is 10.7. The van der Waals surface area contributed by atoms with Crippen LogP contribution in [-0.4, -0.2) is 48.6 Å². The predicted octanol–water partition coefficient (Wildman–Crippen LogP) is 10.3. The first kappa shape index (κ1) is 32.7. The smallest absolute Gasteiger partial charge is 0.237 e. The first-order valence-electron chi connectivity index (χ1n) is 18.9. The van der Waals surface area contributed by atoms with Crippen LogP contribution in [0.15, 0.2) is 171 Å². The van der Waals surface area contributed by atoms with Gasteiger partial charge in [-0.1, -0.05) is 36.4 Å². The Balaban J connectivity index is 0.955. The lowest BCUT2D eigenvalue weighted by molar-refractivity contribution is 0.484. The van der Waals surface area contributed by atoms with Crippen LogP contribution in [0.4, 0.5) is 0 Å². The molecule has 59 heavy (non-hydrogen) atoms. The second-order valence-electron chi connectivity index (χ2n) is 14.0. The Morgan fingerprint density at radius 2 is 0.627 bits per heavy atom. The SMILES string of the molecule is c1cnc(-n2c3ccccc3c3ccc(Oc4ccc5c6ccc(Oc7ccc8c9ccccc9n(-c9ncccn9)c8c7)cc6n(-c6ncncn6)c5c4)cc32)nc1. The molecule has 0 aliphatic heterocycles. The summed E-state index contributed by atoms with van der Waals surface area (Å²) in [6, 6.07) is 44.5. The van der Waals surface area contributed by atoms with E-state index in [4.69, 9.17) is 9.47 Å². The van der Waals surface area contributed by atoms with E-state index in [9.17, 15) is 0 Å². The molecule has 0 aliphatic carbocycles. The van der Waals surface area contributed by atoms with Crippen molar-refractivity contribution in [3.63, 3.8) is 0 Å². The minimum Gasteiger partial charge on any atom is -0.457 e. The molecule has 6 heterocycles. The maximum absolute atomic E-state index is 6.61. The molecule has 0 atom stereocenters. The van der Waals surface area contributed by atoms with Gasteiger partial charge in [-0.15, -0.1) is 0 Å². The zero-order chi connectivity index (χ0) is 38.9. The van der Waals surface area contributed by atoms with Gasteiger partial charge in [-0.2, -0.15) is 0 Å². The summed E-state index contributed by atoms with van der Waals surface area (Å²) in [7, 11) is 0.